The van der Waals surface area contributed by atoms with E-state index in [0.29, 0.717) is 5.06 Å². The van der Waals surface area contributed by atoms with E-state index in [9.17, 15) is 24.0 Å². The summed E-state index contributed by atoms with van der Waals surface area (Å²) in [6.45, 7) is 0.0809. The van der Waals surface area contributed by atoms with Crippen molar-refractivity contribution in [3.05, 3.63) is 35.4 Å². The largest absolute Gasteiger partial charge is 0.333 e. The first-order valence-corrected chi connectivity index (χ1v) is 7.64. The van der Waals surface area contributed by atoms with Gasteiger partial charge in [0.1, 0.15) is 6.54 Å². The number of fused-ring (bicyclic) bond motifs is 1. The van der Waals surface area contributed by atoms with E-state index in [0.717, 1.165) is 4.90 Å². The molecule has 0 bridgehead atoms. The second-order valence-electron chi connectivity index (χ2n) is 5.70. The van der Waals surface area contributed by atoms with Crippen LogP contribution in [0.2, 0.25) is 0 Å². The van der Waals surface area contributed by atoms with Gasteiger partial charge in [-0.15, -0.1) is 0 Å². The zero-order valence-corrected chi connectivity index (χ0v) is 13.4. The summed E-state index contributed by atoms with van der Waals surface area (Å²) in [6.07, 6.45) is 0.0293. The van der Waals surface area contributed by atoms with Gasteiger partial charge in [0.2, 0.25) is 5.91 Å². The zero-order valence-electron chi connectivity index (χ0n) is 13.4. The van der Waals surface area contributed by atoms with E-state index in [2.05, 4.69) is 0 Å². The monoisotopic (exact) mass is 345 g/mol. The number of rotatable bonds is 5. The fourth-order valence-electron chi connectivity index (χ4n) is 2.67. The summed E-state index contributed by atoms with van der Waals surface area (Å²) in [6, 6.07) is 5.75. The second-order valence-corrected chi connectivity index (χ2v) is 5.70. The molecule has 0 spiro atoms. The van der Waals surface area contributed by atoms with E-state index in [1.54, 1.807) is 12.1 Å². The lowest BCUT2D eigenvalue weighted by molar-refractivity contribution is -0.168. The first-order valence-electron chi connectivity index (χ1n) is 7.64. The molecule has 2 heterocycles. The molecule has 25 heavy (non-hydrogen) atoms. The van der Waals surface area contributed by atoms with E-state index in [4.69, 9.17) is 4.84 Å². The first-order chi connectivity index (χ1) is 11.9. The maximum Gasteiger partial charge on any atom is 0.333 e. The van der Waals surface area contributed by atoms with Crippen molar-refractivity contribution in [2.45, 2.75) is 12.8 Å². The SMILES string of the molecule is CN1CC(=O)N(CCCC(=O)ON2C(=O)c3ccccc3C2=O)C1=O. The molecule has 1 aromatic rings. The molecule has 2 aliphatic rings. The van der Waals surface area contributed by atoms with E-state index >= 15 is 0 Å². The van der Waals surface area contributed by atoms with Crippen LogP contribution in [0, 0.1) is 0 Å². The van der Waals surface area contributed by atoms with Gasteiger partial charge in [-0.2, -0.15) is 0 Å². The Morgan fingerprint density at radius 2 is 1.68 bits per heavy atom. The molecule has 0 unspecified atom stereocenters. The van der Waals surface area contributed by atoms with Crippen molar-refractivity contribution in [1.29, 1.82) is 0 Å². The summed E-state index contributed by atoms with van der Waals surface area (Å²) in [5.41, 5.74) is 0.355. The summed E-state index contributed by atoms with van der Waals surface area (Å²) in [5, 5.41) is 0.437. The fraction of sp³-hybridized carbons (Fsp3) is 0.312. The van der Waals surface area contributed by atoms with Crippen LogP contribution in [-0.4, -0.2) is 64.7 Å². The smallest absolute Gasteiger partial charge is 0.330 e. The number of benzene rings is 1. The highest BCUT2D eigenvalue weighted by Gasteiger charge is 2.38. The standard InChI is InChI=1S/C16H15N3O6/c1-17-9-12(20)18(16(17)24)8-4-7-13(21)25-19-14(22)10-5-2-3-6-11(10)15(19)23/h2-3,5-6H,4,7-9H2,1H3. The average molecular weight is 345 g/mol. The van der Waals surface area contributed by atoms with Crippen molar-refractivity contribution in [2.24, 2.45) is 0 Å². The molecule has 0 atom stereocenters. The Bertz CT molecular complexity index is 755. The lowest BCUT2D eigenvalue weighted by Crippen LogP contribution is -2.34. The number of hydrogen-bond acceptors (Lipinski definition) is 6. The van der Waals surface area contributed by atoms with Crippen molar-refractivity contribution in [3.8, 4) is 0 Å². The average Bonchev–Trinajstić information content (AvgIpc) is 2.97. The molecule has 1 aromatic carbocycles. The predicted molar refractivity (Wildman–Crippen MR) is 82.0 cm³/mol. The molecule has 0 aliphatic carbocycles. The summed E-state index contributed by atoms with van der Waals surface area (Å²) in [7, 11) is 1.51. The van der Waals surface area contributed by atoms with Gasteiger partial charge in [-0.25, -0.2) is 9.59 Å². The Balaban J connectivity index is 1.52. The van der Waals surface area contributed by atoms with Gasteiger partial charge >= 0.3 is 12.0 Å². The minimum atomic E-state index is -0.790. The van der Waals surface area contributed by atoms with E-state index < -0.39 is 23.8 Å². The van der Waals surface area contributed by atoms with Crippen LogP contribution in [0.3, 0.4) is 0 Å². The van der Waals surface area contributed by atoms with Crippen LogP contribution in [0.15, 0.2) is 24.3 Å². The van der Waals surface area contributed by atoms with Crippen molar-refractivity contribution >= 4 is 29.7 Å². The van der Waals surface area contributed by atoms with Gasteiger partial charge in [0.15, 0.2) is 0 Å². The van der Waals surface area contributed by atoms with E-state index in [-0.39, 0.29) is 43.0 Å². The second kappa shape index (κ2) is 6.34. The lowest BCUT2D eigenvalue weighted by atomic mass is 10.1. The molecule has 1 fully saturated rings. The number of amides is 5. The Morgan fingerprint density at radius 3 is 2.20 bits per heavy atom. The molecule has 1 saturated heterocycles. The minimum Gasteiger partial charge on any atom is -0.330 e. The maximum absolute atomic E-state index is 12.1. The molecule has 0 radical (unpaired) electrons. The van der Waals surface area contributed by atoms with Gasteiger partial charge in [0.25, 0.3) is 11.8 Å². The van der Waals surface area contributed by atoms with Crippen LogP contribution in [0.4, 0.5) is 4.79 Å². The normalized spacial score (nSPS) is 16.8. The number of hydrogen-bond donors (Lipinski definition) is 0. The highest BCUT2D eigenvalue weighted by Crippen LogP contribution is 2.23. The Kier molecular flexibility index (Phi) is 4.22. The van der Waals surface area contributed by atoms with Gasteiger partial charge in [-0.05, 0) is 18.6 Å². The molecule has 0 aromatic heterocycles. The highest BCUT2D eigenvalue weighted by atomic mass is 16.7. The van der Waals surface area contributed by atoms with Crippen LogP contribution >= 0.6 is 0 Å². The van der Waals surface area contributed by atoms with Crippen molar-refractivity contribution in [3.63, 3.8) is 0 Å². The van der Waals surface area contributed by atoms with Gasteiger partial charge in [0, 0.05) is 20.0 Å². The molecule has 9 nitrogen and oxygen atoms in total. The van der Waals surface area contributed by atoms with Crippen LogP contribution in [-0.2, 0) is 14.4 Å². The van der Waals surface area contributed by atoms with Crippen LogP contribution in [0.5, 0.6) is 0 Å². The molecular formula is C16H15N3O6. The van der Waals surface area contributed by atoms with Gasteiger partial charge < -0.3 is 9.74 Å². The number of urea groups is 1. The molecule has 3 rings (SSSR count). The molecule has 0 saturated carbocycles. The summed E-state index contributed by atoms with van der Waals surface area (Å²) in [5.74, 6) is -2.51. The van der Waals surface area contributed by atoms with E-state index in [1.165, 1.54) is 24.1 Å². The summed E-state index contributed by atoms with van der Waals surface area (Å²) >= 11 is 0. The molecule has 2 aliphatic heterocycles. The number of likely N-dealkylation sites (N-methyl/N-ethyl adjacent to an activating group) is 1. The van der Waals surface area contributed by atoms with E-state index in [1.807, 2.05) is 0 Å². The van der Waals surface area contributed by atoms with Crippen molar-refractivity contribution < 1.29 is 28.8 Å². The molecule has 5 amide bonds. The van der Waals surface area contributed by atoms with Crippen LogP contribution < -0.4 is 0 Å². The van der Waals surface area contributed by atoms with Crippen molar-refractivity contribution in [1.82, 2.24) is 14.9 Å². The lowest BCUT2D eigenvalue weighted by Gasteiger charge is -2.15. The van der Waals surface area contributed by atoms with Gasteiger partial charge in [0.05, 0.1) is 11.1 Å². The Labute approximate surface area is 142 Å². The number of carbonyl (C=O) groups is 5. The molecule has 130 valence electrons. The van der Waals surface area contributed by atoms with Crippen LogP contribution in [0.1, 0.15) is 33.6 Å². The zero-order chi connectivity index (χ0) is 18.1. The molecular weight excluding hydrogens is 330 g/mol. The maximum atomic E-state index is 12.1. The number of hydroxylamine groups is 2. The first kappa shape index (κ1) is 16.6. The predicted octanol–water partition coefficient (Wildman–Crippen LogP) is 0.415. The number of imide groups is 2. The summed E-state index contributed by atoms with van der Waals surface area (Å²) < 4.78 is 0. The fourth-order valence-corrected chi connectivity index (χ4v) is 2.67. The third-order valence-corrected chi connectivity index (χ3v) is 3.94. The molecule has 9 heteroatoms. The number of carbonyl (C=O) groups excluding carboxylic acids is 5. The number of nitrogens with zero attached hydrogens (tertiary/aromatic N) is 3. The third kappa shape index (κ3) is 2.95. The quantitative estimate of drug-likeness (QED) is 0.566. The van der Waals surface area contributed by atoms with Crippen LogP contribution in [0.25, 0.3) is 0 Å². The molecule has 0 N–H and O–H groups in total. The topological polar surface area (TPSA) is 104 Å². The summed E-state index contributed by atoms with van der Waals surface area (Å²) in [4.78, 5) is 66.5. The van der Waals surface area contributed by atoms with Gasteiger partial charge in [-0.1, -0.05) is 17.2 Å². The van der Waals surface area contributed by atoms with Gasteiger partial charge in [-0.3, -0.25) is 19.3 Å². The highest BCUT2D eigenvalue weighted by molar-refractivity contribution is 6.20. The Morgan fingerprint density at radius 1 is 1.08 bits per heavy atom. The third-order valence-electron chi connectivity index (χ3n) is 3.94. The van der Waals surface area contributed by atoms with Crippen molar-refractivity contribution in [2.75, 3.05) is 20.1 Å². The Hall–Kier alpha value is -3.23. The minimum absolute atomic E-state index is 0.0122.